The van der Waals surface area contributed by atoms with E-state index < -0.39 is 18.1 Å². The third-order valence-corrected chi connectivity index (χ3v) is 13.9. The van der Waals surface area contributed by atoms with E-state index in [9.17, 15) is 19.8 Å². The summed E-state index contributed by atoms with van der Waals surface area (Å²) in [4.78, 5) is 48.6. The predicted molar refractivity (Wildman–Crippen MR) is 234 cm³/mol. The van der Waals surface area contributed by atoms with Crippen LogP contribution in [-0.4, -0.2) is 89.0 Å². The highest BCUT2D eigenvalue weighted by Gasteiger charge is 2.43. The number of aliphatic hydroxyl groups excluding tert-OH is 1. The van der Waals surface area contributed by atoms with Crippen LogP contribution in [-0.2, 0) is 9.59 Å². The van der Waals surface area contributed by atoms with E-state index in [0.717, 1.165) is 51.4 Å². The van der Waals surface area contributed by atoms with Crippen molar-refractivity contribution in [2.45, 2.75) is 70.6 Å². The van der Waals surface area contributed by atoms with Crippen LogP contribution in [0.2, 0.25) is 0 Å². The third kappa shape index (κ3) is 8.10. The first-order chi connectivity index (χ1) is 29.5. The first-order valence-corrected chi connectivity index (χ1v) is 22.1. The van der Waals surface area contributed by atoms with E-state index in [1.165, 1.54) is 9.78 Å². The summed E-state index contributed by atoms with van der Waals surface area (Å²) in [6, 6.07) is 19.9. The molecule has 0 spiro atoms. The molecule has 2 aliphatic rings. The van der Waals surface area contributed by atoms with Crippen LogP contribution in [0, 0.1) is 12.8 Å². The summed E-state index contributed by atoms with van der Waals surface area (Å²) in [6.45, 7) is 9.33. The molecular weight excluding hydrogens is 811 g/mol. The van der Waals surface area contributed by atoms with Gasteiger partial charge in [-0.2, -0.15) is 0 Å². The van der Waals surface area contributed by atoms with Crippen LogP contribution in [0.4, 0.5) is 5.95 Å². The van der Waals surface area contributed by atoms with Crippen molar-refractivity contribution in [2.24, 2.45) is 5.92 Å². The molecule has 2 aromatic carbocycles. The molecule has 5 atom stereocenters. The third-order valence-electron chi connectivity index (χ3n) is 11.7. The van der Waals surface area contributed by atoms with Crippen LogP contribution < -0.4 is 10.2 Å². The van der Waals surface area contributed by atoms with Crippen molar-refractivity contribution in [2.75, 3.05) is 24.5 Å². The van der Waals surface area contributed by atoms with Gasteiger partial charge in [0.15, 0.2) is 0 Å². The van der Waals surface area contributed by atoms with Crippen LogP contribution in [0.3, 0.4) is 0 Å². The van der Waals surface area contributed by atoms with Crippen molar-refractivity contribution in [3.8, 4) is 38.7 Å². The molecule has 5 aromatic heterocycles. The summed E-state index contributed by atoms with van der Waals surface area (Å²) < 4.78 is 5.82. The lowest BCUT2D eigenvalue weighted by Gasteiger charge is -2.29. The minimum absolute atomic E-state index is 0.0443. The number of rotatable bonds is 11. The number of carbonyl (C=O) groups excluding carboxylic acids is 2. The highest BCUT2D eigenvalue weighted by atomic mass is 32.1. The molecule has 0 aliphatic carbocycles. The monoisotopic (exact) mass is 855 g/mol. The van der Waals surface area contributed by atoms with E-state index in [2.05, 4.69) is 36.6 Å². The Morgan fingerprint density at radius 3 is 2.46 bits per heavy atom. The van der Waals surface area contributed by atoms with Gasteiger partial charge in [0.2, 0.25) is 17.8 Å². The van der Waals surface area contributed by atoms with E-state index in [0.29, 0.717) is 34.2 Å². The fourth-order valence-corrected chi connectivity index (χ4v) is 10.3. The van der Waals surface area contributed by atoms with Gasteiger partial charge in [0.25, 0.3) is 0 Å². The molecule has 9 rings (SSSR count). The summed E-state index contributed by atoms with van der Waals surface area (Å²) >= 11 is 3.22. The lowest BCUT2D eigenvalue weighted by Crippen LogP contribution is -2.48. The number of likely N-dealkylation sites (tertiary alicyclic amines) is 1. The van der Waals surface area contributed by atoms with Gasteiger partial charge in [-0.15, -0.1) is 32.9 Å². The van der Waals surface area contributed by atoms with Crippen LogP contribution in [0.15, 0.2) is 89.2 Å². The van der Waals surface area contributed by atoms with Gasteiger partial charge in [-0.05, 0) is 61.6 Å². The van der Waals surface area contributed by atoms with Gasteiger partial charge >= 0.3 is 0 Å². The van der Waals surface area contributed by atoms with Crippen molar-refractivity contribution in [3.05, 3.63) is 107 Å². The SMILES string of the molecule is Cc1ncsc1-c1ccc([C@H](C)NC(=O)[C@@H]2C[C@@H](O)CN2C(=O)[C@@H](c2cc(-c3cnc(N4CC[C@H](c5cc6cc(-c7ccccc7O)nnc6s5)C4)nc3)no2)C(C)C)cc1. The Morgan fingerprint density at radius 1 is 0.934 bits per heavy atom. The standard InChI is InChI=1S/C45H45N9O5S2/c1-24(2)40(44(58)54-22-32(55)17-36(54)42(57)49-25(3)27-9-11-28(12-10-27)41-26(4)48-23-60-41)38-18-34(52-59-38)31-19-46-45(47-20-31)53-14-13-29(21-53)39-16-30-15-35(50-51-43(30)61-39)33-7-5-6-8-37(33)56/h5-12,15-16,18-20,23-25,29,32,36,40,55-56H,13-14,17,21-22H2,1-4H3,(H,49,57)/t25-,29-,32+,36-,40+/m0/s1. The number of aromatic nitrogens is 6. The quantitative estimate of drug-likeness (QED) is 0.117. The molecule has 16 heteroatoms. The van der Waals surface area contributed by atoms with Gasteiger partial charge in [0.1, 0.15) is 34.0 Å². The van der Waals surface area contributed by atoms with Gasteiger partial charge in [-0.3, -0.25) is 9.59 Å². The Hall–Kier alpha value is -6.10. The Morgan fingerprint density at radius 2 is 1.72 bits per heavy atom. The summed E-state index contributed by atoms with van der Waals surface area (Å²) in [7, 11) is 0. The molecule has 7 heterocycles. The lowest BCUT2D eigenvalue weighted by molar-refractivity contribution is -0.141. The van der Waals surface area contributed by atoms with Gasteiger partial charge in [0.05, 0.1) is 33.9 Å². The van der Waals surface area contributed by atoms with Crippen LogP contribution >= 0.6 is 22.7 Å². The van der Waals surface area contributed by atoms with Crippen molar-refractivity contribution in [1.29, 1.82) is 0 Å². The first-order valence-electron chi connectivity index (χ1n) is 20.4. The summed E-state index contributed by atoms with van der Waals surface area (Å²) in [6.07, 6.45) is 3.67. The molecule has 2 fully saturated rings. The van der Waals surface area contributed by atoms with Crippen molar-refractivity contribution in [1.82, 2.24) is 40.5 Å². The van der Waals surface area contributed by atoms with Gasteiger partial charge in [0, 0.05) is 71.8 Å². The highest BCUT2D eigenvalue weighted by molar-refractivity contribution is 7.18. The van der Waals surface area contributed by atoms with Gasteiger partial charge in [-0.25, -0.2) is 15.0 Å². The number of anilines is 1. The Bertz CT molecular complexity index is 2700. The van der Waals surface area contributed by atoms with E-state index in [1.54, 1.807) is 53.3 Å². The number of nitrogens with zero attached hydrogens (tertiary/aromatic N) is 8. The Kier molecular flexibility index (Phi) is 11.1. The molecule has 2 amide bonds. The number of para-hydroxylation sites is 1. The number of thiazole rings is 1. The molecule has 61 heavy (non-hydrogen) atoms. The number of phenolic OH excluding ortho intramolecular Hbond substituents is 1. The number of aliphatic hydroxyl groups is 1. The molecule has 0 radical (unpaired) electrons. The van der Waals surface area contributed by atoms with Crippen LogP contribution in [0.5, 0.6) is 5.75 Å². The average molecular weight is 856 g/mol. The van der Waals surface area contributed by atoms with E-state index >= 15 is 0 Å². The number of carbonyl (C=O) groups is 2. The van der Waals surface area contributed by atoms with Gasteiger partial charge in [-0.1, -0.05) is 55.4 Å². The first kappa shape index (κ1) is 40.3. The molecule has 3 N–H and O–H groups in total. The maximum absolute atomic E-state index is 14.3. The van der Waals surface area contributed by atoms with E-state index in [1.807, 2.05) is 75.7 Å². The average Bonchev–Trinajstić information content (AvgIpc) is 4.12. The number of aryl methyl sites for hydroxylation is 1. The number of thiophene rings is 1. The summed E-state index contributed by atoms with van der Waals surface area (Å²) in [5.41, 5.74) is 7.22. The minimum Gasteiger partial charge on any atom is -0.507 e. The predicted octanol–water partition coefficient (Wildman–Crippen LogP) is 7.51. The maximum atomic E-state index is 14.3. The zero-order valence-corrected chi connectivity index (χ0v) is 35.7. The number of benzene rings is 2. The fourth-order valence-electron chi connectivity index (χ4n) is 8.37. The number of amides is 2. The Balaban J connectivity index is 0.844. The van der Waals surface area contributed by atoms with Crippen molar-refractivity contribution >= 4 is 50.7 Å². The lowest BCUT2D eigenvalue weighted by atomic mass is 9.91. The second kappa shape index (κ2) is 16.7. The molecule has 0 unspecified atom stereocenters. The number of β-amino-alcohol motifs (C(OH)–C–C–N with tert-alkyl or cyclic N) is 1. The number of nitrogens with one attached hydrogen (secondary N) is 1. The molecule has 2 saturated heterocycles. The van der Waals surface area contributed by atoms with Gasteiger partial charge < -0.3 is 29.9 Å². The molecule has 7 aromatic rings. The molecule has 0 bridgehead atoms. The number of hydrogen-bond acceptors (Lipinski definition) is 14. The zero-order chi connectivity index (χ0) is 42.4. The zero-order valence-electron chi connectivity index (χ0n) is 34.1. The normalized spacial score (nSPS) is 18.9. The second-order valence-electron chi connectivity index (χ2n) is 16.2. The molecular formula is C45H45N9O5S2. The molecule has 312 valence electrons. The molecule has 2 aliphatic heterocycles. The second-order valence-corrected chi connectivity index (χ2v) is 18.1. The largest absolute Gasteiger partial charge is 0.507 e. The van der Waals surface area contributed by atoms with Crippen LogP contribution in [0.1, 0.15) is 73.4 Å². The molecule has 14 nitrogen and oxygen atoms in total. The summed E-state index contributed by atoms with van der Waals surface area (Å²) in [5.74, 6) is -0.117. The number of phenols is 1. The minimum atomic E-state index is -0.839. The van der Waals surface area contributed by atoms with Crippen molar-refractivity contribution < 1.29 is 24.3 Å². The number of hydrogen-bond donors (Lipinski definition) is 3. The Labute approximate surface area is 360 Å². The fraction of sp³-hybridized carbons (Fsp3) is 0.333. The van der Waals surface area contributed by atoms with Crippen molar-refractivity contribution in [3.63, 3.8) is 0 Å². The maximum Gasteiger partial charge on any atom is 0.243 e. The number of fused-ring (bicyclic) bond motifs is 1. The van der Waals surface area contributed by atoms with E-state index in [4.69, 9.17) is 14.5 Å². The topological polar surface area (TPSA) is 184 Å². The van der Waals surface area contributed by atoms with E-state index in [-0.39, 0.29) is 48.4 Å². The molecule has 0 saturated carbocycles. The smallest absolute Gasteiger partial charge is 0.243 e. The highest BCUT2D eigenvalue weighted by Crippen LogP contribution is 2.38. The number of aromatic hydroxyl groups is 1. The summed E-state index contributed by atoms with van der Waals surface area (Å²) in [5, 5.41) is 38.2. The van der Waals surface area contributed by atoms with Crippen LogP contribution in [0.25, 0.3) is 43.2 Å².